The molecule has 0 unspecified atom stereocenters. The molecule has 0 radical (unpaired) electrons. The van der Waals surface area contributed by atoms with Crippen LogP contribution in [0.3, 0.4) is 0 Å². The maximum absolute atomic E-state index is 2.64. The van der Waals surface area contributed by atoms with Gasteiger partial charge >= 0.3 is 0 Å². The Hall–Kier alpha value is -9.32. The van der Waals surface area contributed by atoms with Crippen LogP contribution in [0.25, 0.3) is 49.7 Å². The van der Waals surface area contributed by atoms with Crippen LogP contribution in [0, 0.1) is 0 Å². The first kappa shape index (κ1) is 44.0. The van der Waals surface area contributed by atoms with Crippen LogP contribution in [0.2, 0.25) is 0 Å². The highest BCUT2D eigenvalue weighted by molar-refractivity contribution is 7.00. The number of nitrogens with zero attached hydrogens (tertiary/aromatic N) is 4. The van der Waals surface area contributed by atoms with Crippen molar-refractivity contribution in [1.29, 1.82) is 0 Å². The maximum atomic E-state index is 2.64. The second-order valence-electron chi connectivity index (χ2n) is 22.4. The van der Waals surface area contributed by atoms with E-state index in [0.717, 1.165) is 39.6 Å². The number of fused-ring (bicyclic) bond motifs is 15. The molecule has 0 saturated heterocycles. The van der Waals surface area contributed by atoms with E-state index in [0.29, 0.717) is 0 Å². The van der Waals surface area contributed by atoms with Crippen molar-refractivity contribution in [3.05, 3.63) is 271 Å². The van der Waals surface area contributed by atoms with Gasteiger partial charge in [-0.2, -0.15) is 0 Å². The smallest absolute Gasteiger partial charge is 0.252 e. The van der Waals surface area contributed by atoms with Crippen molar-refractivity contribution in [2.24, 2.45) is 0 Å². The highest BCUT2D eigenvalue weighted by Crippen LogP contribution is 2.59. The molecule has 4 aliphatic rings. The normalized spacial score (nSPS) is 14.6. The number of rotatable bonds is 6. The lowest BCUT2D eigenvalue weighted by Gasteiger charge is -2.46. The molecular weight excluding hydrogens is 932 g/mol. The van der Waals surface area contributed by atoms with E-state index in [1.807, 2.05) is 0 Å². The summed E-state index contributed by atoms with van der Waals surface area (Å²) in [7, 11) is 0. The Morgan fingerprint density at radius 1 is 0.377 bits per heavy atom. The Labute approximate surface area is 450 Å². The highest BCUT2D eigenvalue weighted by Gasteiger charge is 2.50. The molecule has 0 spiro atoms. The van der Waals surface area contributed by atoms with E-state index in [1.54, 1.807) is 0 Å². The zero-order chi connectivity index (χ0) is 51.3. The molecule has 2 aliphatic carbocycles. The number of hydrogen-bond donors (Lipinski definition) is 0. The Balaban J connectivity index is 1.08. The molecule has 2 aliphatic heterocycles. The molecule has 0 bridgehead atoms. The lowest BCUT2D eigenvalue weighted by molar-refractivity contribution is 0.660. The first-order valence-electron chi connectivity index (χ1n) is 27.1. The summed E-state index contributed by atoms with van der Waals surface area (Å²) in [4.78, 5) is 7.81. The summed E-state index contributed by atoms with van der Waals surface area (Å²) in [5.41, 5.74) is 28.1. The molecule has 0 saturated carbocycles. The lowest BCUT2D eigenvalue weighted by atomic mass is 9.33. The average Bonchev–Trinajstić information content (AvgIpc) is 4.16. The van der Waals surface area contributed by atoms with Crippen LogP contribution in [-0.2, 0) is 10.8 Å². The van der Waals surface area contributed by atoms with Crippen molar-refractivity contribution in [3.8, 4) is 27.9 Å². The van der Waals surface area contributed by atoms with Gasteiger partial charge in [-0.15, -0.1) is 0 Å². The van der Waals surface area contributed by atoms with Crippen molar-refractivity contribution in [3.63, 3.8) is 0 Å². The predicted molar refractivity (Wildman–Crippen MR) is 325 cm³/mol. The van der Waals surface area contributed by atoms with Gasteiger partial charge in [-0.1, -0.05) is 198 Å². The number of para-hydroxylation sites is 5. The van der Waals surface area contributed by atoms with Crippen molar-refractivity contribution in [2.45, 2.75) is 38.5 Å². The van der Waals surface area contributed by atoms with Crippen LogP contribution < -0.4 is 31.1 Å². The van der Waals surface area contributed by atoms with Gasteiger partial charge in [0.2, 0.25) is 0 Å². The summed E-state index contributed by atoms with van der Waals surface area (Å²) < 4.78 is 2.43. The molecule has 0 fully saturated rings. The fourth-order valence-electron chi connectivity index (χ4n) is 14.4. The monoisotopic (exact) mass is 984 g/mol. The van der Waals surface area contributed by atoms with E-state index < -0.39 is 0 Å². The van der Waals surface area contributed by atoms with E-state index in [1.165, 1.54) is 99.9 Å². The molecule has 77 heavy (non-hydrogen) atoms. The van der Waals surface area contributed by atoms with Gasteiger partial charge in [-0.3, -0.25) is 0 Å². The van der Waals surface area contributed by atoms with Crippen LogP contribution >= 0.6 is 0 Å². The van der Waals surface area contributed by atoms with E-state index in [9.17, 15) is 0 Å². The Morgan fingerprint density at radius 3 is 1.38 bits per heavy atom. The second kappa shape index (κ2) is 16.1. The molecule has 0 amide bonds. The highest BCUT2D eigenvalue weighted by atomic mass is 15.2. The van der Waals surface area contributed by atoms with Crippen LogP contribution in [0.5, 0.6) is 0 Å². The van der Waals surface area contributed by atoms with Gasteiger partial charge in [-0.25, -0.2) is 0 Å². The summed E-state index contributed by atoms with van der Waals surface area (Å²) in [5.74, 6) is 0. The SMILES string of the molecule is CC1(C)c2ccccc2-c2c1ccc1c2N(c2ccccc2)c2cc(N(c3ccccc3)c3cccc4c3c3ccccc3n4-c3ccccc3)cc3c2B1c1ccc2c(c1N3c1ccccc1)-c1ccccc1C2(C)C. The molecule has 5 heteroatoms. The van der Waals surface area contributed by atoms with Gasteiger partial charge in [0.05, 0.1) is 22.4 Å². The van der Waals surface area contributed by atoms with Gasteiger partial charge in [0.1, 0.15) is 0 Å². The third-order valence-corrected chi connectivity index (χ3v) is 17.7. The van der Waals surface area contributed by atoms with E-state index >= 15 is 0 Å². The van der Waals surface area contributed by atoms with E-state index in [-0.39, 0.29) is 17.5 Å². The lowest BCUT2D eigenvalue weighted by Crippen LogP contribution is -2.61. The van der Waals surface area contributed by atoms with Crippen molar-refractivity contribution in [2.75, 3.05) is 14.7 Å². The van der Waals surface area contributed by atoms with Gasteiger partial charge in [-0.05, 0) is 129 Å². The Bertz CT molecular complexity index is 4230. The molecule has 12 aromatic rings. The van der Waals surface area contributed by atoms with E-state index in [4.69, 9.17) is 0 Å². The molecule has 1 aromatic heterocycles. The molecule has 3 heterocycles. The molecule has 11 aromatic carbocycles. The van der Waals surface area contributed by atoms with Crippen LogP contribution in [0.15, 0.2) is 249 Å². The first-order chi connectivity index (χ1) is 37.8. The summed E-state index contributed by atoms with van der Waals surface area (Å²) in [6.07, 6.45) is 0. The number of aromatic nitrogens is 1. The largest absolute Gasteiger partial charge is 0.311 e. The summed E-state index contributed by atoms with van der Waals surface area (Å²) in [5, 5.41) is 2.40. The molecule has 16 rings (SSSR count). The zero-order valence-electron chi connectivity index (χ0n) is 43.5. The average molecular weight is 985 g/mol. The van der Waals surface area contributed by atoms with Gasteiger partial charge < -0.3 is 19.3 Å². The molecular formula is C72H53BN4. The number of hydrogen-bond acceptors (Lipinski definition) is 3. The predicted octanol–water partition coefficient (Wildman–Crippen LogP) is 16.9. The van der Waals surface area contributed by atoms with Crippen molar-refractivity contribution < 1.29 is 0 Å². The van der Waals surface area contributed by atoms with Crippen molar-refractivity contribution >= 4 is 96.1 Å². The third-order valence-electron chi connectivity index (χ3n) is 17.7. The quantitative estimate of drug-likeness (QED) is 0.154. The molecule has 0 atom stereocenters. The summed E-state index contributed by atoms with van der Waals surface area (Å²) >= 11 is 0. The van der Waals surface area contributed by atoms with Gasteiger partial charge in [0.25, 0.3) is 6.71 Å². The molecule has 4 nitrogen and oxygen atoms in total. The minimum absolute atomic E-state index is 0.0984. The Morgan fingerprint density at radius 2 is 0.831 bits per heavy atom. The first-order valence-corrected chi connectivity index (χ1v) is 27.1. The van der Waals surface area contributed by atoms with Crippen LogP contribution in [0.1, 0.15) is 49.9 Å². The fraction of sp³-hybridized carbons (Fsp3) is 0.0833. The van der Waals surface area contributed by atoms with Gasteiger partial charge in [0.15, 0.2) is 0 Å². The minimum Gasteiger partial charge on any atom is -0.311 e. The molecule has 0 N–H and O–H groups in total. The number of anilines is 9. The van der Waals surface area contributed by atoms with Crippen LogP contribution in [-0.4, -0.2) is 11.3 Å². The zero-order valence-corrected chi connectivity index (χ0v) is 43.5. The van der Waals surface area contributed by atoms with Crippen LogP contribution in [0.4, 0.5) is 51.2 Å². The standard InChI is InChI=1S/C72H53BN4/c1-71(2)54-35-20-17-32-51(54)65-56(71)40-42-58-69(65)76(48-28-13-7-14-29-48)63-44-50(74(46-24-9-5-10-25-46)61-38-23-39-62-67(61)53-34-19-22-37-60(53)75(62)47-26-11-6-12-27-47)45-64-68(63)73(58)59-43-41-57-66(52-33-18-21-36-55(52)72(57,3)4)70(59)77(64)49-30-15-8-16-31-49/h5-45H,1-4H3. The fourth-order valence-corrected chi connectivity index (χ4v) is 14.4. The second-order valence-corrected chi connectivity index (χ2v) is 22.4. The summed E-state index contributed by atoms with van der Waals surface area (Å²) in [6.45, 7) is 9.54. The Kier molecular flexibility index (Phi) is 9.20. The van der Waals surface area contributed by atoms with Gasteiger partial charge in [0, 0.05) is 78.2 Å². The topological polar surface area (TPSA) is 14.7 Å². The number of benzene rings is 11. The maximum Gasteiger partial charge on any atom is 0.252 e. The van der Waals surface area contributed by atoms with Crippen molar-refractivity contribution in [1.82, 2.24) is 4.57 Å². The summed E-state index contributed by atoms with van der Waals surface area (Å²) in [6, 6.07) is 93.2. The minimum atomic E-state index is -0.205. The molecule has 364 valence electrons. The third kappa shape index (κ3) is 6.00. The van der Waals surface area contributed by atoms with E-state index in [2.05, 4.69) is 296 Å².